The monoisotopic (exact) mass is 232 g/mol. The first kappa shape index (κ1) is 13.0. The van der Waals surface area contributed by atoms with Gasteiger partial charge in [0.05, 0.1) is 17.6 Å². The molecule has 17 heavy (non-hydrogen) atoms. The maximum absolute atomic E-state index is 10.7. The summed E-state index contributed by atoms with van der Waals surface area (Å²) in [6, 6.07) is 0. The molecule has 0 aliphatic carbocycles. The van der Waals surface area contributed by atoms with Crippen molar-refractivity contribution in [1.29, 1.82) is 0 Å². The lowest BCUT2D eigenvalue weighted by molar-refractivity contribution is -0.613. The van der Waals surface area contributed by atoms with E-state index in [1.807, 2.05) is 13.8 Å². The quantitative estimate of drug-likeness (QED) is 0.509. The molecular formula is C12H16N4O. The van der Waals surface area contributed by atoms with Crippen LogP contribution >= 0.6 is 0 Å². The Morgan fingerprint density at radius 2 is 1.29 bits per heavy atom. The van der Waals surface area contributed by atoms with E-state index in [4.69, 9.17) is 0 Å². The Labute approximate surface area is 101 Å². The lowest BCUT2D eigenvalue weighted by Gasteiger charge is -1.97. The molecule has 0 aliphatic rings. The zero-order valence-corrected chi connectivity index (χ0v) is 10.5. The molecule has 0 N–H and O–H groups in total. The van der Waals surface area contributed by atoms with Gasteiger partial charge in [-0.05, 0) is 20.8 Å². The summed E-state index contributed by atoms with van der Waals surface area (Å²) in [6.45, 7) is 7.35. The first-order valence-corrected chi connectivity index (χ1v) is 5.26. The van der Waals surface area contributed by atoms with Crippen LogP contribution in [0.5, 0.6) is 0 Å². The average Bonchev–Trinajstić information content (AvgIpc) is 2.29. The topological polar surface area (TPSA) is 65.6 Å². The largest absolute Gasteiger partial charge is 0.618 e. The van der Waals surface area contributed by atoms with Gasteiger partial charge in [0.1, 0.15) is 5.69 Å². The first-order valence-electron chi connectivity index (χ1n) is 5.26. The van der Waals surface area contributed by atoms with Crippen molar-refractivity contribution in [1.82, 2.24) is 15.0 Å². The fraction of sp³-hybridized carbons (Fsp3) is 0.333. The van der Waals surface area contributed by atoms with Gasteiger partial charge in [-0.15, -0.1) is 0 Å². The van der Waals surface area contributed by atoms with E-state index >= 15 is 0 Å². The van der Waals surface area contributed by atoms with Crippen molar-refractivity contribution in [2.75, 3.05) is 0 Å². The van der Waals surface area contributed by atoms with Crippen molar-refractivity contribution < 1.29 is 4.73 Å². The van der Waals surface area contributed by atoms with Crippen LogP contribution in [0.4, 0.5) is 0 Å². The van der Waals surface area contributed by atoms with E-state index in [0.29, 0.717) is 5.69 Å². The lowest BCUT2D eigenvalue weighted by Crippen LogP contribution is -2.30. The second-order valence-electron chi connectivity index (χ2n) is 3.80. The standard InChI is InChI=1S/C6H8N2O.C6H8N2/c1-5-4-8(9)6(2)3-7-5;1-5-3-8-6(2)4-7-5/h3-4H,1-2H3;3-4H,1-2H3. The van der Waals surface area contributed by atoms with Crippen molar-refractivity contribution in [3.05, 3.63) is 52.8 Å². The predicted octanol–water partition coefficient (Wildman–Crippen LogP) is 1.43. The summed E-state index contributed by atoms with van der Waals surface area (Å²) in [6.07, 6.45) is 6.53. The molecular weight excluding hydrogens is 216 g/mol. The Kier molecular flexibility index (Phi) is 4.51. The molecule has 0 saturated carbocycles. The van der Waals surface area contributed by atoms with E-state index in [1.165, 1.54) is 6.20 Å². The molecule has 0 amide bonds. The second kappa shape index (κ2) is 5.89. The summed E-state index contributed by atoms with van der Waals surface area (Å²) in [5, 5.41) is 10.7. The van der Waals surface area contributed by atoms with Crippen LogP contribution in [-0.2, 0) is 0 Å². The van der Waals surface area contributed by atoms with Gasteiger partial charge >= 0.3 is 0 Å². The molecule has 0 spiro atoms. The molecule has 2 heterocycles. The van der Waals surface area contributed by atoms with Gasteiger partial charge in [0.25, 0.3) is 0 Å². The van der Waals surface area contributed by atoms with Crippen LogP contribution in [-0.4, -0.2) is 15.0 Å². The molecule has 0 radical (unpaired) electrons. The molecule has 5 heteroatoms. The number of hydrogen-bond donors (Lipinski definition) is 0. The van der Waals surface area contributed by atoms with Crippen LogP contribution in [0.3, 0.4) is 0 Å². The zero-order valence-electron chi connectivity index (χ0n) is 10.5. The Morgan fingerprint density at radius 3 is 1.65 bits per heavy atom. The van der Waals surface area contributed by atoms with E-state index in [-0.39, 0.29) is 0 Å². The van der Waals surface area contributed by atoms with Crippen molar-refractivity contribution in [3.63, 3.8) is 0 Å². The highest BCUT2D eigenvalue weighted by Crippen LogP contribution is 1.89. The van der Waals surface area contributed by atoms with Crippen LogP contribution in [0, 0.1) is 32.9 Å². The van der Waals surface area contributed by atoms with Crippen molar-refractivity contribution in [2.24, 2.45) is 0 Å². The molecule has 2 aromatic rings. The van der Waals surface area contributed by atoms with Crippen molar-refractivity contribution in [3.8, 4) is 0 Å². The number of rotatable bonds is 0. The van der Waals surface area contributed by atoms with E-state index in [2.05, 4.69) is 15.0 Å². The first-order chi connectivity index (χ1) is 7.99. The van der Waals surface area contributed by atoms with E-state index in [9.17, 15) is 5.21 Å². The molecule has 0 fully saturated rings. The Hall–Kier alpha value is -2.04. The van der Waals surface area contributed by atoms with Crippen LogP contribution in [0.25, 0.3) is 0 Å². The maximum Gasteiger partial charge on any atom is 0.207 e. The smallest absolute Gasteiger partial charge is 0.207 e. The van der Waals surface area contributed by atoms with Crippen LogP contribution in [0.2, 0.25) is 0 Å². The third-order valence-electron chi connectivity index (χ3n) is 2.02. The van der Waals surface area contributed by atoms with Gasteiger partial charge in [0.15, 0.2) is 0 Å². The number of hydrogen-bond acceptors (Lipinski definition) is 4. The summed E-state index contributed by atoms with van der Waals surface area (Å²) in [5.74, 6) is 0. The fourth-order valence-electron chi connectivity index (χ4n) is 1.01. The number of aromatic nitrogens is 4. The van der Waals surface area contributed by atoms with E-state index in [0.717, 1.165) is 21.8 Å². The summed E-state index contributed by atoms with van der Waals surface area (Å²) in [7, 11) is 0. The highest BCUT2D eigenvalue weighted by molar-refractivity contribution is 4.97. The highest BCUT2D eigenvalue weighted by Gasteiger charge is 1.96. The molecule has 0 aliphatic heterocycles. The highest BCUT2D eigenvalue weighted by atomic mass is 16.5. The zero-order chi connectivity index (χ0) is 12.8. The molecule has 0 bridgehead atoms. The minimum Gasteiger partial charge on any atom is -0.618 e. The summed E-state index contributed by atoms with van der Waals surface area (Å²) < 4.78 is 0.808. The fourth-order valence-corrected chi connectivity index (χ4v) is 1.01. The molecule has 90 valence electrons. The summed E-state index contributed by atoms with van der Waals surface area (Å²) in [5.41, 5.74) is 3.31. The summed E-state index contributed by atoms with van der Waals surface area (Å²) in [4.78, 5) is 12.0. The molecule has 2 rings (SSSR count). The molecule has 0 unspecified atom stereocenters. The van der Waals surface area contributed by atoms with Crippen molar-refractivity contribution >= 4 is 0 Å². The van der Waals surface area contributed by atoms with Gasteiger partial charge in [-0.25, -0.2) is 4.98 Å². The third-order valence-corrected chi connectivity index (χ3v) is 2.02. The van der Waals surface area contributed by atoms with Gasteiger partial charge in [-0.2, -0.15) is 4.73 Å². The lowest BCUT2D eigenvalue weighted by atomic mass is 10.4. The third kappa shape index (κ3) is 4.55. The SMILES string of the molecule is Cc1c[n+]([O-])c(C)cn1.Cc1cnc(C)cn1. The van der Waals surface area contributed by atoms with E-state index in [1.54, 1.807) is 32.4 Å². The van der Waals surface area contributed by atoms with E-state index < -0.39 is 0 Å². The molecule has 2 aromatic heterocycles. The van der Waals surface area contributed by atoms with Gasteiger partial charge in [-0.3, -0.25) is 9.97 Å². The Bertz CT molecular complexity index is 461. The van der Waals surface area contributed by atoms with Gasteiger partial charge in [0, 0.05) is 19.3 Å². The van der Waals surface area contributed by atoms with Crippen LogP contribution < -0.4 is 4.73 Å². The predicted molar refractivity (Wildman–Crippen MR) is 64.2 cm³/mol. The normalized spacial score (nSPS) is 9.41. The molecule has 5 nitrogen and oxygen atoms in total. The average molecular weight is 232 g/mol. The van der Waals surface area contributed by atoms with Crippen LogP contribution in [0.15, 0.2) is 24.8 Å². The second-order valence-corrected chi connectivity index (χ2v) is 3.80. The van der Waals surface area contributed by atoms with Gasteiger partial charge in [0.2, 0.25) is 11.9 Å². The molecule has 0 saturated heterocycles. The minimum atomic E-state index is 0.626. The maximum atomic E-state index is 10.7. The summed E-state index contributed by atoms with van der Waals surface area (Å²) >= 11 is 0. The van der Waals surface area contributed by atoms with Crippen LogP contribution in [0.1, 0.15) is 22.8 Å². The number of nitrogens with zero attached hydrogens (tertiary/aromatic N) is 4. The Morgan fingerprint density at radius 1 is 0.824 bits per heavy atom. The Balaban J connectivity index is 0.000000171. The van der Waals surface area contributed by atoms with Gasteiger partial charge in [-0.1, -0.05) is 0 Å². The number of aryl methyl sites for hydroxylation is 4. The molecule has 0 aromatic carbocycles. The minimum absolute atomic E-state index is 0.626. The van der Waals surface area contributed by atoms with Gasteiger partial charge < -0.3 is 5.21 Å². The van der Waals surface area contributed by atoms with Crippen molar-refractivity contribution in [2.45, 2.75) is 27.7 Å². The molecule has 0 atom stereocenters.